The molecule has 0 aliphatic heterocycles. The summed E-state index contributed by atoms with van der Waals surface area (Å²) in [5.74, 6) is 0.876. The molecule has 1 aromatic rings. The molecular formula is C13H23N3O2S2. The molecule has 0 amide bonds. The highest BCUT2D eigenvalue weighted by atomic mass is 32.2. The van der Waals surface area contributed by atoms with Crippen LogP contribution in [0.2, 0.25) is 0 Å². The van der Waals surface area contributed by atoms with Crippen molar-refractivity contribution in [3.63, 3.8) is 0 Å². The van der Waals surface area contributed by atoms with Gasteiger partial charge < -0.3 is 10.6 Å². The van der Waals surface area contributed by atoms with Crippen LogP contribution in [-0.4, -0.2) is 39.5 Å². The van der Waals surface area contributed by atoms with E-state index in [1.807, 2.05) is 6.92 Å². The molecule has 0 saturated heterocycles. The van der Waals surface area contributed by atoms with E-state index in [-0.39, 0.29) is 11.8 Å². The van der Waals surface area contributed by atoms with Crippen molar-refractivity contribution in [2.45, 2.75) is 32.9 Å². The molecule has 0 spiro atoms. The predicted octanol–water partition coefficient (Wildman–Crippen LogP) is 1.54. The molecule has 5 nitrogen and oxygen atoms in total. The first-order chi connectivity index (χ1) is 9.31. The van der Waals surface area contributed by atoms with Gasteiger partial charge in [0.15, 0.2) is 5.96 Å². The number of hydrogen-bond acceptors (Lipinski definition) is 4. The van der Waals surface area contributed by atoms with Gasteiger partial charge in [0, 0.05) is 24.2 Å². The molecule has 0 saturated carbocycles. The smallest absolute Gasteiger partial charge is 0.191 e. The Morgan fingerprint density at radius 3 is 2.70 bits per heavy atom. The molecule has 1 rings (SSSR count). The highest BCUT2D eigenvalue weighted by Gasteiger charge is 2.09. The van der Waals surface area contributed by atoms with Crippen LogP contribution in [0.15, 0.2) is 16.4 Å². The number of thiophene rings is 1. The standard InChI is InChI=1S/C13H23N3O2S2/c1-10-5-7-19-12(10)9-15-13(14-3)16-11(2)6-8-20(4,17)18/h5,7,11H,6,8-9H2,1-4H3,(H2,14,15,16). The third-order valence-electron chi connectivity index (χ3n) is 2.91. The van der Waals surface area contributed by atoms with Crippen LogP contribution in [0, 0.1) is 6.92 Å². The zero-order valence-corrected chi connectivity index (χ0v) is 14.1. The second kappa shape index (κ2) is 7.64. The molecule has 0 aromatic carbocycles. The average Bonchev–Trinajstić information content (AvgIpc) is 2.77. The van der Waals surface area contributed by atoms with Crippen molar-refractivity contribution in [1.29, 1.82) is 0 Å². The van der Waals surface area contributed by atoms with Gasteiger partial charge in [0.25, 0.3) is 0 Å². The van der Waals surface area contributed by atoms with Gasteiger partial charge in [-0.25, -0.2) is 8.42 Å². The zero-order valence-electron chi connectivity index (χ0n) is 12.4. The van der Waals surface area contributed by atoms with Gasteiger partial charge in [-0.1, -0.05) is 0 Å². The third-order valence-corrected chi connectivity index (χ3v) is 4.91. The lowest BCUT2D eigenvalue weighted by Gasteiger charge is -2.17. The summed E-state index contributed by atoms with van der Waals surface area (Å²) in [5.41, 5.74) is 1.27. The number of rotatable bonds is 6. The van der Waals surface area contributed by atoms with Crippen LogP contribution in [0.5, 0.6) is 0 Å². The number of aliphatic imine (C=N–C) groups is 1. The molecule has 114 valence electrons. The molecule has 2 N–H and O–H groups in total. The Labute approximate surface area is 125 Å². The number of nitrogens with zero attached hydrogens (tertiary/aromatic N) is 1. The highest BCUT2D eigenvalue weighted by molar-refractivity contribution is 7.90. The van der Waals surface area contributed by atoms with Crippen LogP contribution < -0.4 is 10.6 Å². The summed E-state index contributed by atoms with van der Waals surface area (Å²) in [4.78, 5) is 5.43. The first-order valence-electron chi connectivity index (χ1n) is 6.49. The van der Waals surface area contributed by atoms with E-state index in [1.165, 1.54) is 16.7 Å². The maximum atomic E-state index is 11.1. The van der Waals surface area contributed by atoms with Crippen molar-refractivity contribution < 1.29 is 8.42 Å². The van der Waals surface area contributed by atoms with Gasteiger partial charge in [-0.3, -0.25) is 4.99 Å². The maximum absolute atomic E-state index is 11.1. The number of guanidine groups is 1. The Balaban J connectivity index is 2.42. The summed E-state index contributed by atoms with van der Waals surface area (Å²) in [5, 5.41) is 8.51. The van der Waals surface area contributed by atoms with Crippen LogP contribution >= 0.6 is 11.3 Å². The van der Waals surface area contributed by atoms with Crippen molar-refractivity contribution in [2.24, 2.45) is 4.99 Å². The second-order valence-corrected chi connectivity index (χ2v) is 8.18. The molecular weight excluding hydrogens is 294 g/mol. The van der Waals surface area contributed by atoms with Gasteiger partial charge in [-0.2, -0.15) is 0 Å². The Hall–Kier alpha value is -1.08. The molecule has 0 bridgehead atoms. The summed E-state index contributed by atoms with van der Waals surface area (Å²) in [7, 11) is -1.21. The first-order valence-corrected chi connectivity index (χ1v) is 9.43. The Morgan fingerprint density at radius 2 is 2.20 bits per heavy atom. The van der Waals surface area contributed by atoms with Crippen molar-refractivity contribution in [3.8, 4) is 0 Å². The number of nitrogens with one attached hydrogen (secondary N) is 2. The summed E-state index contributed by atoms with van der Waals surface area (Å²) in [6.07, 6.45) is 1.82. The minimum absolute atomic E-state index is 0.0559. The lowest BCUT2D eigenvalue weighted by Crippen LogP contribution is -2.42. The highest BCUT2D eigenvalue weighted by Crippen LogP contribution is 2.14. The number of hydrogen-bond donors (Lipinski definition) is 2. The van der Waals surface area contributed by atoms with Gasteiger partial charge in [-0.05, 0) is 37.3 Å². The van der Waals surface area contributed by atoms with E-state index in [2.05, 4.69) is 34.0 Å². The number of aryl methyl sites for hydroxylation is 1. The monoisotopic (exact) mass is 317 g/mol. The van der Waals surface area contributed by atoms with Gasteiger partial charge >= 0.3 is 0 Å². The Morgan fingerprint density at radius 1 is 1.50 bits per heavy atom. The fourth-order valence-electron chi connectivity index (χ4n) is 1.64. The van der Waals surface area contributed by atoms with Crippen LogP contribution in [0.1, 0.15) is 23.8 Å². The molecule has 0 aliphatic carbocycles. The summed E-state index contributed by atoms with van der Waals surface area (Å²) >= 11 is 1.71. The molecule has 0 fully saturated rings. The maximum Gasteiger partial charge on any atom is 0.191 e. The van der Waals surface area contributed by atoms with E-state index in [9.17, 15) is 8.42 Å². The summed E-state index contributed by atoms with van der Waals surface area (Å²) < 4.78 is 22.3. The molecule has 1 atom stereocenters. The van der Waals surface area contributed by atoms with E-state index in [1.54, 1.807) is 18.4 Å². The molecule has 0 aliphatic rings. The molecule has 1 unspecified atom stereocenters. The lowest BCUT2D eigenvalue weighted by molar-refractivity contribution is 0.581. The van der Waals surface area contributed by atoms with Gasteiger partial charge in [0.1, 0.15) is 9.84 Å². The summed E-state index contributed by atoms with van der Waals surface area (Å²) in [6, 6.07) is 2.15. The molecule has 7 heteroatoms. The SMILES string of the molecule is CN=C(NCc1sccc1C)NC(C)CCS(C)(=O)=O. The predicted molar refractivity (Wildman–Crippen MR) is 86.2 cm³/mol. The van der Waals surface area contributed by atoms with E-state index < -0.39 is 9.84 Å². The van der Waals surface area contributed by atoms with Crippen molar-refractivity contribution in [2.75, 3.05) is 19.1 Å². The largest absolute Gasteiger partial charge is 0.354 e. The average molecular weight is 317 g/mol. The van der Waals surface area contributed by atoms with E-state index in [4.69, 9.17) is 0 Å². The molecule has 1 aromatic heterocycles. The van der Waals surface area contributed by atoms with Gasteiger partial charge in [-0.15, -0.1) is 11.3 Å². The fourth-order valence-corrected chi connectivity index (χ4v) is 3.27. The molecule has 20 heavy (non-hydrogen) atoms. The van der Waals surface area contributed by atoms with Crippen LogP contribution in [0.4, 0.5) is 0 Å². The van der Waals surface area contributed by atoms with Crippen LogP contribution in [0.3, 0.4) is 0 Å². The van der Waals surface area contributed by atoms with Gasteiger partial charge in [0.2, 0.25) is 0 Å². The van der Waals surface area contributed by atoms with Gasteiger partial charge in [0.05, 0.1) is 12.3 Å². The van der Waals surface area contributed by atoms with E-state index >= 15 is 0 Å². The first kappa shape index (κ1) is 17.0. The third kappa shape index (κ3) is 6.38. The number of sulfone groups is 1. The fraction of sp³-hybridized carbons (Fsp3) is 0.615. The van der Waals surface area contributed by atoms with Crippen LogP contribution in [0.25, 0.3) is 0 Å². The minimum Gasteiger partial charge on any atom is -0.354 e. The summed E-state index contributed by atoms with van der Waals surface area (Å²) in [6.45, 7) is 4.76. The molecule has 0 radical (unpaired) electrons. The Kier molecular flexibility index (Phi) is 6.48. The molecule has 1 heterocycles. The van der Waals surface area contributed by atoms with Crippen molar-refractivity contribution in [3.05, 3.63) is 21.9 Å². The quantitative estimate of drug-likeness (QED) is 0.617. The lowest BCUT2D eigenvalue weighted by atomic mass is 10.2. The minimum atomic E-state index is -2.91. The van der Waals surface area contributed by atoms with Crippen molar-refractivity contribution >= 4 is 27.1 Å². The normalized spacial score (nSPS) is 14.1. The van der Waals surface area contributed by atoms with E-state index in [0.29, 0.717) is 12.4 Å². The van der Waals surface area contributed by atoms with Crippen molar-refractivity contribution in [1.82, 2.24) is 10.6 Å². The topological polar surface area (TPSA) is 70.6 Å². The zero-order chi connectivity index (χ0) is 15.2. The van der Waals surface area contributed by atoms with E-state index in [0.717, 1.165) is 6.54 Å². The second-order valence-electron chi connectivity index (χ2n) is 4.92. The van der Waals surface area contributed by atoms with Crippen LogP contribution in [-0.2, 0) is 16.4 Å². The Bertz CT molecular complexity index is 550.